The highest BCUT2D eigenvalue weighted by molar-refractivity contribution is 5.69. The first-order chi connectivity index (χ1) is 6.91. The zero-order chi connectivity index (χ0) is 11.9. The molecule has 0 unspecified atom stereocenters. The van der Waals surface area contributed by atoms with Crippen LogP contribution >= 0.6 is 0 Å². The van der Waals surface area contributed by atoms with Gasteiger partial charge in [-0.1, -0.05) is 32.8 Å². The van der Waals surface area contributed by atoms with Crippen LogP contribution in [-0.2, 0) is 9.53 Å². The number of ether oxygens (including phenoxy) is 1. The van der Waals surface area contributed by atoms with E-state index in [9.17, 15) is 4.79 Å². The number of hydrogen-bond donors (Lipinski definition) is 0. The Morgan fingerprint density at radius 1 is 1.53 bits per heavy atom. The first-order valence-corrected chi connectivity index (χ1v) is 5.12. The second-order valence-corrected chi connectivity index (χ2v) is 4.51. The lowest BCUT2D eigenvalue weighted by Crippen LogP contribution is -2.34. The second kappa shape index (κ2) is 6.30. The topological polar surface area (TPSA) is 75.1 Å². The Hall–Kier alpha value is -1.22. The molecule has 0 N–H and O–H groups in total. The van der Waals surface area contributed by atoms with E-state index in [0.29, 0.717) is 6.42 Å². The van der Waals surface area contributed by atoms with Crippen molar-refractivity contribution in [2.45, 2.75) is 46.6 Å². The van der Waals surface area contributed by atoms with Crippen LogP contribution in [0.3, 0.4) is 0 Å². The van der Waals surface area contributed by atoms with Crippen molar-refractivity contribution in [2.75, 3.05) is 6.54 Å². The maximum atomic E-state index is 11.3. The Balaban J connectivity index is 4.37. The third-order valence-corrected chi connectivity index (χ3v) is 2.00. The van der Waals surface area contributed by atoms with E-state index >= 15 is 0 Å². The van der Waals surface area contributed by atoms with E-state index in [4.69, 9.17) is 10.3 Å². The molecule has 0 aromatic rings. The molecule has 0 saturated carbocycles. The normalized spacial score (nSPS) is 12.8. The van der Waals surface area contributed by atoms with Crippen LogP contribution in [0.15, 0.2) is 5.11 Å². The largest absolute Gasteiger partial charge is 0.462 e. The van der Waals surface area contributed by atoms with Crippen molar-refractivity contribution in [3.8, 4) is 0 Å². The van der Waals surface area contributed by atoms with Crippen LogP contribution in [0.4, 0.5) is 0 Å². The van der Waals surface area contributed by atoms with Crippen molar-refractivity contribution in [3.05, 3.63) is 10.4 Å². The molecule has 15 heavy (non-hydrogen) atoms. The summed E-state index contributed by atoms with van der Waals surface area (Å²) in [4.78, 5) is 14.0. The molecule has 0 aliphatic carbocycles. The third-order valence-electron chi connectivity index (χ3n) is 2.00. The smallest absolute Gasteiger partial charge is 0.306 e. The van der Waals surface area contributed by atoms with Gasteiger partial charge < -0.3 is 4.74 Å². The number of rotatable bonds is 5. The minimum absolute atomic E-state index is 0.190. The molecule has 0 bridgehead atoms. The van der Waals surface area contributed by atoms with Gasteiger partial charge in [0.25, 0.3) is 0 Å². The quantitative estimate of drug-likeness (QED) is 0.304. The van der Waals surface area contributed by atoms with Gasteiger partial charge in [-0.05, 0) is 17.4 Å². The highest BCUT2D eigenvalue weighted by Crippen LogP contribution is 2.23. The van der Waals surface area contributed by atoms with Gasteiger partial charge >= 0.3 is 5.97 Å². The molecule has 0 saturated heterocycles. The maximum Gasteiger partial charge on any atom is 0.306 e. The summed E-state index contributed by atoms with van der Waals surface area (Å²) in [6.07, 6.45) is 0.813. The van der Waals surface area contributed by atoms with Crippen molar-refractivity contribution >= 4 is 5.97 Å². The van der Waals surface area contributed by atoms with E-state index in [1.165, 1.54) is 0 Å². The van der Waals surface area contributed by atoms with Gasteiger partial charge in [0.05, 0.1) is 6.54 Å². The molecule has 5 nitrogen and oxygen atoms in total. The average molecular weight is 213 g/mol. The van der Waals surface area contributed by atoms with E-state index in [1.807, 2.05) is 27.7 Å². The van der Waals surface area contributed by atoms with E-state index in [-0.39, 0.29) is 24.0 Å². The summed E-state index contributed by atoms with van der Waals surface area (Å²) in [6.45, 7) is 7.95. The van der Waals surface area contributed by atoms with Gasteiger partial charge in [-0.3, -0.25) is 4.79 Å². The summed E-state index contributed by atoms with van der Waals surface area (Å²) in [5, 5.41) is 3.46. The van der Waals surface area contributed by atoms with Gasteiger partial charge in [-0.15, -0.1) is 0 Å². The number of hydrogen-bond acceptors (Lipinski definition) is 3. The summed E-state index contributed by atoms with van der Waals surface area (Å²) in [5.74, 6) is -0.231. The van der Waals surface area contributed by atoms with Crippen LogP contribution in [0.1, 0.15) is 40.5 Å². The lowest BCUT2D eigenvalue weighted by Gasteiger charge is -2.29. The molecule has 0 aromatic carbocycles. The highest BCUT2D eigenvalue weighted by atomic mass is 16.5. The lowest BCUT2D eigenvalue weighted by molar-refractivity contribution is -0.153. The summed E-state index contributed by atoms with van der Waals surface area (Å²) < 4.78 is 5.25. The van der Waals surface area contributed by atoms with Crippen LogP contribution in [-0.4, -0.2) is 18.6 Å². The fourth-order valence-electron chi connectivity index (χ4n) is 1.02. The van der Waals surface area contributed by atoms with Gasteiger partial charge in [0.2, 0.25) is 0 Å². The summed E-state index contributed by atoms with van der Waals surface area (Å²) >= 11 is 0. The first kappa shape index (κ1) is 13.8. The Morgan fingerprint density at radius 3 is 2.53 bits per heavy atom. The van der Waals surface area contributed by atoms with Gasteiger partial charge in [-0.2, -0.15) is 0 Å². The molecule has 1 atom stereocenters. The van der Waals surface area contributed by atoms with Crippen molar-refractivity contribution < 1.29 is 9.53 Å². The lowest BCUT2D eigenvalue weighted by atomic mass is 9.89. The molecule has 0 spiro atoms. The summed E-state index contributed by atoms with van der Waals surface area (Å²) in [7, 11) is 0. The Labute approximate surface area is 90.4 Å². The summed E-state index contributed by atoms with van der Waals surface area (Å²) in [5.41, 5.74) is 8.03. The van der Waals surface area contributed by atoms with Crippen LogP contribution in [0.25, 0.3) is 10.4 Å². The molecular formula is C10H19N3O2. The van der Waals surface area contributed by atoms with Gasteiger partial charge in [0, 0.05) is 11.3 Å². The van der Waals surface area contributed by atoms with Crippen LogP contribution in [0, 0.1) is 5.41 Å². The Morgan fingerprint density at radius 2 is 2.13 bits per heavy atom. The van der Waals surface area contributed by atoms with E-state index in [0.717, 1.165) is 6.42 Å². The van der Waals surface area contributed by atoms with Crippen LogP contribution in [0.5, 0.6) is 0 Å². The predicted octanol–water partition coefficient (Wildman–Crippen LogP) is 3.05. The Kier molecular flexibility index (Phi) is 5.79. The molecule has 0 heterocycles. The van der Waals surface area contributed by atoms with Crippen molar-refractivity contribution in [1.29, 1.82) is 0 Å². The Bertz CT molecular complexity index is 252. The van der Waals surface area contributed by atoms with Gasteiger partial charge in [-0.25, -0.2) is 0 Å². The number of azide groups is 1. The molecule has 0 fully saturated rings. The number of carbonyl (C=O) groups excluding carboxylic acids is 1. The van der Waals surface area contributed by atoms with E-state index in [1.54, 1.807) is 0 Å². The minimum atomic E-state index is -0.354. The standard InChI is InChI=1S/C10H19N3O2/c1-5-6-9(14)15-8(7-12-13-11)10(2,3)4/h8H,5-7H2,1-4H3/t8-/m1/s1. The van der Waals surface area contributed by atoms with Gasteiger partial charge in [0.1, 0.15) is 6.10 Å². The SMILES string of the molecule is CCCC(=O)O[C@H](CN=[N+]=[N-])C(C)(C)C. The molecule has 0 aromatic heterocycles. The predicted molar refractivity (Wildman–Crippen MR) is 58.3 cm³/mol. The van der Waals surface area contributed by atoms with E-state index < -0.39 is 0 Å². The van der Waals surface area contributed by atoms with Crippen molar-refractivity contribution in [1.82, 2.24) is 0 Å². The summed E-state index contributed by atoms with van der Waals surface area (Å²) in [6, 6.07) is 0. The zero-order valence-electron chi connectivity index (χ0n) is 9.86. The molecule has 0 amide bonds. The highest BCUT2D eigenvalue weighted by Gasteiger charge is 2.27. The van der Waals surface area contributed by atoms with E-state index in [2.05, 4.69) is 10.0 Å². The van der Waals surface area contributed by atoms with Crippen LogP contribution in [0.2, 0.25) is 0 Å². The number of nitrogens with zero attached hydrogens (tertiary/aromatic N) is 3. The molecule has 0 radical (unpaired) electrons. The monoisotopic (exact) mass is 213 g/mol. The maximum absolute atomic E-state index is 11.3. The van der Waals surface area contributed by atoms with Gasteiger partial charge in [0.15, 0.2) is 0 Å². The molecule has 0 rings (SSSR count). The third kappa shape index (κ3) is 5.96. The molecular weight excluding hydrogens is 194 g/mol. The molecule has 0 aliphatic rings. The molecule has 86 valence electrons. The average Bonchev–Trinajstić information content (AvgIpc) is 2.10. The first-order valence-electron chi connectivity index (χ1n) is 5.12. The fourth-order valence-corrected chi connectivity index (χ4v) is 1.02. The van der Waals surface area contributed by atoms with Crippen molar-refractivity contribution in [2.24, 2.45) is 10.5 Å². The fraction of sp³-hybridized carbons (Fsp3) is 0.900. The molecule has 5 heteroatoms. The number of esters is 1. The number of carbonyl (C=O) groups is 1. The minimum Gasteiger partial charge on any atom is -0.462 e. The molecule has 0 aliphatic heterocycles. The zero-order valence-corrected chi connectivity index (χ0v) is 9.86. The van der Waals surface area contributed by atoms with Crippen LogP contribution < -0.4 is 0 Å². The van der Waals surface area contributed by atoms with Crippen molar-refractivity contribution in [3.63, 3.8) is 0 Å². The second-order valence-electron chi connectivity index (χ2n) is 4.51.